The molecule has 3 N–H and O–H groups in total. The number of nitrogens with one attached hydrogen (secondary N) is 1. The first-order chi connectivity index (χ1) is 9.70. The van der Waals surface area contributed by atoms with Crippen LogP contribution in [0.1, 0.15) is 25.7 Å². The maximum Gasteiger partial charge on any atom is 0.268 e. The van der Waals surface area contributed by atoms with Gasteiger partial charge in [-0.25, -0.2) is 4.68 Å². The van der Waals surface area contributed by atoms with Gasteiger partial charge in [0.15, 0.2) is 0 Å². The number of hydrogen-bond donors (Lipinski definition) is 2. The molecule has 0 radical (unpaired) electrons. The van der Waals surface area contributed by atoms with Gasteiger partial charge in [0.25, 0.3) is 5.56 Å². The quantitative estimate of drug-likeness (QED) is 0.792. The van der Waals surface area contributed by atoms with Crippen LogP contribution in [0.25, 0.3) is 0 Å². The minimum absolute atomic E-state index is 0.0505. The second-order valence-corrected chi connectivity index (χ2v) is 5.44. The molecule has 1 aromatic heterocycles. The first kappa shape index (κ1) is 15.0. The lowest BCUT2D eigenvalue weighted by molar-refractivity contribution is 0.169. The van der Waals surface area contributed by atoms with Crippen molar-refractivity contribution < 1.29 is 0 Å². The number of anilines is 1. The van der Waals surface area contributed by atoms with E-state index in [9.17, 15) is 4.79 Å². The monoisotopic (exact) mass is 279 g/mol. The molecule has 0 saturated carbocycles. The zero-order chi connectivity index (χ0) is 14.4. The predicted molar refractivity (Wildman–Crippen MR) is 80.9 cm³/mol. The third-order valence-corrected chi connectivity index (χ3v) is 3.94. The van der Waals surface area contributed by atoms with Crippen molar-refractivity contribution in [1.29, 1.82) is 0 Å². The molecule has 1 unspecified atom stereocenters. The number of hydrogen-bond acceptors (Lipinski definition) is 5. The molecule has 6 nitrogen and oxygen atoms in total. The normalized spacial score (nSPS) is 20.0. The summed E-state index contributed by atoms with van der Waals surface area (Å²) in [5, 5.41) is 7.29. The molecule has 112 valence electrons. The first-order valence-corrected chi connectivity index (χ1v) is 7.42. The van der Waals surface area contributed by atoms with Gasteiger partial charge in [-0.05, 0) is 32.9 Å². The summed E-state index contributed by atoms with van der Waals surface area (Å²) >= 11 is 0. The lowest BCUT2D eigenvalue weighted by Gasteiger charge is -2.32. The molecule has 0 bridgehead atoms. The number of aryl methyl sites for hydroxylation is 1. The summed E-state index contributed by atoms with van der Waals surface area (Å²) in [5.41, 5.74) is 6.11. The Labute approximate surface area is 120 Å². The Bertz CT molecular complexity index is 473. The zero-order valence-corrected chi connectivity index (χ0v) is 12.2. The van der Waals surface area contributed by atoms with Crippen molar-refractivity contribution in [3.8, 4) is 0 Å². The van der Waals surface area contributed by atoms with Crippen molar-refractivity contribution in [2.75, 3.05) is 32.0 Å². The fourth-order valence-electron chi connectivity index (χ4n) is 2.69. The van der Waals surface area contributed by atoms with E-state index in [-0.39, 0.29) is 5.56 Å². The topological polar surface area (TPSA) is 76.2 Å². The van der Waals surface area contributed by atoms with Crippen LogP contribution < -0.4 is 16.6 Å². The van der Waals surface area contributed by atoms with Gasteiger partial charge in [-0.2, -0.15) is 5.10 Å². The van der Waals surface area contributed by atoms with Gasteiger partial charge in [-0.15, -0.1) is 0 Å². The Morgan fingerprint density at radius 1 is 1.50 bits per heavy atom. The number of nitrogens with zero attached hydrogens (tertiary/aromatic N) is 3. The van der Waals surface area contributed by atoms with Gasteiger partial charge in [0.1, 0.15) is 0 Å². The number of aromatic nitrogens is 2. The van der Waals surface area contributed by atoms with Crippen LogP contribution in [0.15, 0.2) is 17.1 Å². The van der Waals surface area contributed by atoms with Crippen molar-refractivity contribution >= 4 is 5.69 Å². The Hall–Kier alpha value is -1.40. The summed E-state index contributed by atoms with van der Waals surface area (Å²) in [7, 11) is 2.17. The average Bonchev–Trinajstić information content (AvgIpc) is 2.45. The molecular weight excluding hydrogens is 254 g/mol. The number of likely N-dealkylation sites (tertiary alicyclic amines) is 1. The number of piperidine rings is 1. The van der Waals surface area contributed by atoms with Crippen LogP contribution in [0.5, 0.6) is 0 Å². The first-order valence-electron chi connectivity index (χ1n) is 7.42. The predicted octanol–water partition coefficient (Wildman–Crippen LogP) is 0.488. The van der Waals surface area contributed by atoms with Gasteiger partial charge in [0.2, 0.25) is 0 Å². The summed E-state index contributed by atoms with van der Waals surface area (Å²) in [6, 6.07) is 2.17. The van der Waals surface area contributed by atoms with Crippen LogP contribution >= 0.6 is 0 Å². The lowest BCUT2D eigenvalue weighted by atomic mass is 10.0. The summed E-state index contributed by atoms with van der Waals surface area (Å²) < 4.78 is 1.55. The van der Waals surface area contributed by atoms with Gasteiger partial charge in [-0.3, -0.25) is 4.79 Å². The number of rotatable bonds is 6. The molecule has 0 amide bonds. The molecule has 1 fully saturated rings. The fraction of sp³-hybridized carbons (Fsp3) is 0.714. The summed E-state index contributed by atoms with van der Waals surface area (Å²) in [5.74, 6) is 0. The van der Waals surface area contributed by atoms with Gasteiger partial charge in [-0.1, -0.05) is 6.42 Å². The summed E-state index contributed by atoms with van der Waals surface area (Å²) in [6.45, 7) is 3.04. The average molecular weight is 279 g/mol. The van der Waals surface area contributed by atoms with E-state index in [2.05, 4.69) is 22.4 Å². The maximum absolute atomic E-state index is 12.0. The molecule has 0 spiro atoms. The van der Waals surface area contributed by atoms with E-state index in [0.717, 1.165) is 18.7 Å². The highest BCUT2D eigenvalue weighted by Gasteiger charge is 2.18. The Kier molecular flexibility index (Phi) is 5.55. The molecule has 20 heavy (non-hydrogen) atoms. The van der Waals surface area contributed by atoms with E-state index in [0.29, 0.717) is 25.7 Å². The molecular formula is C14H25N5O. The minimum atomic E-state index is -0.0505. The Morgan fingerprint density at radius 2 is 2.35 bits per heavy atom. The van der Waals surface area contributed by atoms with E-state index in [4.69, 9.17) is 5.73 Å². The highest BCUT2D eigenvalue weighted by Crippen LogP contribution is 2.17. The highest BCUT2D eigenvalue weighted by molar-refractivity contribution is 5.38. The number of nitrogens with two attached hydrogens (primary N) is 1. The molecule has 0 aliphatic carbocycles. The molecule has 2 heterocycles. The molecule has 2 rings (SSSR count). The molecule has 1 atom stereocenters. The molecule has 1 saturated heterocycles. The third-order valence-electron chi connectivity index (χ3n) is 3.94. The van der Waals surface area contributed by atoms with Crippen LogP contribution in [-0.2, 0) is 6.54 Å². The molecule has 6 heteroatoms. The molecule has 1 aliphatic heterocycles. The van der Waals surface area contributed by atoms with Gasteiger partial charge in [0.05, 0.1) is 11.9 Å². The standard InChI is InChI=1S/C14H25N5O/c1-18-8-3-2-4-13(18)5-9-19-14(20)10-12(11-17-19)16-7-6-15/h10-11,13,16H,2-9,15H2,1H3. The second-order valence-electron chi connectivity index (χ2n) is 5.44. The Morgan fingerprint density at radius 3 is 3.05 bits per heavy atom. The zero-order valence-electron chi connectivity index (χ0n) is 12.2. The van der Waals surface area contributed by atoms with Crippen molar-refractivity contribution in [1.82, 2.24) is 14.7 Å². The van der Waals surface area contributed by atoms with Crippen molar-refractivity contribution in [3.63, 3.8) is 0 Å². The highest BCUT2D eigenvalue weighted by atomic mass is 16.1. The van der Waals surface area contributed by atoms with Crippen LogP contribution in [0.4, 0.5) is 5.69 Å². The van der Waals surface area contributed by atoms with Crippen molar-refractivity contribution in [3.05, 3.63) is 22.6 Å². The van der Waals surface area contributed by atoms with E-state index < -0.39 is 0 Å². The van der Waals surface area contributed by atoms with Gasteiger partial charge >= 0.3 is 0 Å². The molecule has 0 aromatic carbocycles. The van der Waals surface area contributed by atoms with Crippen molar-refractivity contribution in [2.24, 2.45) is 5.73 Å². The summed E-state index contributed by atoms with van der Waals surface area (Å²) in [6.07, 6.45) is 6.48. The van der Waals surface area contributed by atoms with Gasteiger partial charge < -0.3 is 16.0 Å². The SMILES string of the molecule is CN1CCCCC1CCn1ncc(NCCN)cc1=O. The van der Waals surface area contributed by atoms with Crippen molar-refractivity contribution in [2.45, 2.75) is 38.3 Å². The molecule has 1 aromatic rings. The maximum atomic E-state index is 12.0. The second kappa shape index (κ2) is 7.40. The van der Waals surface area contributed by atoms with Crippen LogP contribution in [0.3, 0.4) is 0 Å². The van der Waals surface area contributed by atoms with E-state index in [1.807, 2.05) is 0 Å². The van der Waals surface area contributed by atoms with Crippen LogP contribution in [-0.4, -0.2) is 47.4 Å². The van der Waals surface area contributed by atoms with Gasteiger partial charge in [0, 0.05) is 31.7 Å². The summed E-state index contributed by atoms with van der Waals surface area (Å²) in [4.78, 5) is 14.4. The third kappa shape index (κ3) is 4.05. The van der Waals surface area contributed by atoms with Crippen LogP contribution in [0, 0.1) is 0 Å². The van der Waals surface area contributed by atoms with E-state index in [1.165, 1.54) is 19.3 Å². The minimum Gasteiger partial charge on any atom is -0.382 e. The smallest absolute Gasteiger partial charge is 0.268 e. The lowest BCUT2D eigenvalue weighted by Crippen LogP contribution is -2.37. The van der Waals surface area contributed by atoms with Crippen LogP contribution in [0.2, 0.25) is 0 Å². The fourth-order valence-corrected chi connectivity index (χ4v) is 2.69. The molecule has 1 aliphatic rings. The Balaban J connectivity index is 1.91. The van der Waals surface area contributed by atoms with E-state index >= 15 is 0 Å². The van der Waals surface area contributed by atoms with E-state index in [1.54, 1.807) is 16.9 Å². The largest absolute Gasteiger partial charge is 0.382 e.